The Morgan fingerprint density at radius 2 is 1.87 bits per heavy atom. The molecule has 7 heteroatoms. The van der Waals surface area contributed by atoms with Crippen LogP contribution in [-0.2, 0) is 16.0 Å². The van der Waals surface area contributed by atoms with Gasteiger partial charge in [0.05, 0.1) is 25.0 Å². The first-order valence-corrected chi connectivity index (χ1v) is 10.3. The number of carbonyl (C=O) groups is 2. The molecule has 4 rings (SSSR count). The Morgan fingerprint density at radius 1 is 1.13 bits per heavy atom. The molecule has 0 spiro atoms. The maximum absolute atomic E-state index is 12.8. The normalized spacial score (nSPS) is 15.1. The van der Waals surface area contributed by atoms with Crippen molar-refractivity contribution in [2.45, 2.75) is 25.3 Å². The Hall–Kier alpha value is -3.61. The van der Waals surface area contributed by atoms with E-state index in [4.69, 9.17) is 9.47 Å². The Balaban J connectivity index is 1.43. The number of benzene rings is 2. The van der Waals surface area contributed by atoms with Gasteiger partial charge in [0.15, 0.2) is 12.4 Å². The van der Waals surface area contributed by atoms with Crippen LogP contribution in [0.15, 0.2) is 60.8 Å². The van der Waals surface area contributed by atoms with E-state index in [0.717, 1.165) is 24.9 Å². The van der Waals surface area contributed by atoms with E-state index in [0.29, 0.717) is 0 Å². The highest BCUT2D eigenvalue weighted by Crippen LogP contribution is 2.33. The van der Waals surface area contributed by atoms with E-state index < -0.39 is 5.97 Å². The zero-order valence-corrected chi connectivity index (χ0v) is 17.7. The van der Waals surface area contributed by atoms with Crippen LogP contribution in [0.3, 0.4) is 0 Å². The highest BCUT2D eigenvalue weighted by atomic mass is 16.5. The van der Waals surface area contributed by atoms with Crippen molar-refractivity contribution in [1.29, 1.82) is 0 Å². The zero-order valence-electron chi connectivity index (χ0n) is 17.7. The molecule has 1 amide bonds. The Bertz CT molecular complexity index is 1080. The smallest absolute Gasteiger partial charge is 0.363 e. The van der Waals surface area contributed by atoms with Crippen molar-refractivity contribution in [3.8, 4) is 11.4 Å². The van der Waals surface area contributed by atoms with Gasteiger partial charge in [-0.05, 0) is 42.5 Å². The molecule has 1 atom stereocenters. The van der Waals surface area contributed by atoms with Crippen LogP contribution in [-0.4, -0.2) is 47.3 Å². The van der Waals surface area contributed by atoms with Gasteiger partial charge in [0.25, 0.3) is 5.91 Å². The van der Waals surface area contributed by atoms with Crippen LogP contribution in [0.5, 0.6) is 5.75 Å². The first-order valence-electron chi connectivity index (χ1n) is 10.3. The second-order valence-electron chi connectivity index (χ2n) is 7.51. The van der Waals surface area contributed by atoms with Gasteiger partial charge in [0, 0.05) is 7.05 Å². The molecule has 0 N–H and O–H groups in total. The first-order chi connectivity index (χ1) is 15.1. The fourth-order valence-corrected chi connectivity index (χ4v) is 3.96. The van der Waals surface area contributed by atoms with Crippen LogP contribution in [0.25, 0.3) is 5.69 Å². The summed E-state index contributed by atoms with van der Waals surface area (Å²) in [6.45, 7) is -0.352. The highest BCUT2D eigenvalue weighted by molar-refractivity contribution is 5.92. The minimum absolute atomic E-state index is 0.0111. The van der Waals surface area contributed by atoms with E-state index in [-0.39, 0.29) is 30.0 Å². The largest absolute Gasteiger partial charge is 0.493 e. The monoisotopic (exact) mass is 419 g/mol. The number of aromatic nitrogens is 2. The number of amides is 1. The molecule has 7 nitrogen and oxygen atoms in total. The van der Waals surface area contributed by atoms with Crippen molar-refractivity contribution in [2.75, 3.05) is 20.8 Å². The molecule has 1 aliphatic rings. The highest BCUT2D eigenvalue weighted by Gasteiger charge is 2.28. The lowest BCUT2D eigenvalue weighted by molar-refractivity contribution is -0.135. The third-order valence-corrected chi connectivity index (χ3v) is 5.64. The molecule has 0 fully saturated rings. The molecule has 160 valence electrons. The molecule has 0 saturated carbocycles. The molecule has 0 unspecified atom stereocenters. The van der Waals surface area contributed by atoms with E-state index in [9.17, 15) is 9.59 Å². The maximum Gasteiger partial charge on any atom is 0.363 e. The van der Waals surface area contributed by atoms with Crippen LogP contribution in [0.4, 0.5) is 0 Å². The number of hydrogen-bond acceptors (Lipinski definition) is 5. The van der Waals surface area contributed by atoms with E-state index in [1.807, 2.05) is 42.5 Å². The first kappa shape index (κ1) is 20.7. The van der Waals surface area contributed by atoms with Crippen molar-refractivity contribution in [3.63, 3.8) is 0 Å². The summed E-state index contributed by atoms with van der Waals surface area (Å²) < 4.78 is 12.1. The quantitative estimate of drug-likeness (QED) is 0.571. The molecule has 2 aromatic carbocycles. The van der Waals surface area contributed by atoms with E-state index in [1.165, 1.54) is 18.2 Å². The van der Waals surface area contributed by atoms with Gasteiger partial charge < -0.3 is 14.4 Å². The summed E-state index contributed by atoms with van der Waals surface area (Å²) >= 11 is 0. The van der Waals surface area contributed by atoms with Crippen molar-refractivity contribution in [1.82, 2.24) is 14.7 Å². The molecule has 3 aromatic rings. The number of ether oxygens (including phenoxy) is 2. The van der Waals surface area contributed by atoms with Crippen molar-refractivity contribution < 1.29 is 19.1 Å². The second kappa shape index (κ2) is 9.04. The lowest BCUT2D eigenvalue weighted by Crippen LogP contribution is -2.36. The third-order valence-electron chi connectivity index (χ3n) is 5.64. The summed E-state index contributed by atoms with van der Waals surface area (Å²) in [6.07, 6.45) is 4.54. The zero-order chi connectivity index (χ0) is 21.8. The number of nitrogens with zero attached hydrogens (tertiary/aromatic N) is 3. The number of esters is 1. The second-order valence-corrected chi connectivity index (χ2v) is 7.51. The standard InChI is InChI=1S/C24H25N3O4/c1-26(20-14-8-10-17-9-6-7-13-19(17)20)22(28)16-31-24(29)23-21(30-2)15-27(25-23)18-11-4-3-5-12-18/h3-7,9,11-13,15,20H,8,10,14,16H2,1-2H3/t20-/m1/s1. The summed E-state index contributed by atoms with van der Waals surface area (Å²) in [5.41, 5.74) is 3.25. The number of fused-ring (bicyclic) bond motifs is 1. The van der Waals surface area contributed by atoms with Gasteiger partial charge in [0.2, 0.25) is 5.69 Å². The van der Waals surface area contributed by atoms with Crippen LogP contribution >= 0.6 is 0 Å². The lowest BCUT2D eigenvalue weighted by Gasteiger charge is -2.33. The molecule has 0 bridgehead atoms. The minimum Gasteiger partial charge on any atom is -0.493 e. The predicted octanol–water partition coefficient (Wildman–Crippen LogP) is 3.57. The average Bonchev–Trinajstić information content (AvgIpc) is 3.27. The lowest BCUT2D eigenvalue weighted by atomic mass is 9.87. The summed E-state index contributed by atoms with van der Waals surface area (Å²) in [5.74, 6) is -0.662. The minimum atomic E-state index is -0.697. The van der Waals surface area contributed by atoms with E-state index in [1.54, 1.807) is 22.8 Å². The van der Waals surface area contributed by atoms with Crippen LogP contribution in [0.2, 0.25) is 0 Å². The van der Waals surface area contributed by atoms with Crippen molar-refractivity contribution in [2.24, 2.45) is 0 Å². The molecule has 0 radical (unpaired) electrons. The third kappa shape index (κ3) is 4.30. The summed E-state index contributed by atoms with van der Waals surface area (Å²) in [5, 5.41) is 4.29. The van der Waals surface area contributed by atoms with Gasteiger partial charge in [-0.3, -0.25) is 4.79 Å². The van der Waals surface area contributed by atoms with E-state index >= 15 is 0 Å². The molecular weight excluding hydrogens is 394 g/mol. The number of carbonyl (C=O) groups excluding carboxylic acids is 2. The fourth-order valence-electron chi connectivity index (χ4n) is 3.96. The SMILES string of the molecule is COc1cn(-c2ccccc2)nc1C(=O)OCC(=O)N(C)[C@@H]1CCCc2ccccc21. The van der Waals surface area contributed by atoms with Crippen molar-refractivity contribution in [3.05, 3.63) is 77.6 Å². The van der Waals surface area contributed by atoms with Gasteiger partial charge in [-0.15, -0.1) is 0 Å². The molecule has 1 aromatic heterocycles. The predicted molar refractivity (Wildman–Crippen MR) is 115 cm³/mol. The van der Waals surface area contributed by atoms with Gasteiger partial charge >= 0.3 is 5.97 Å². The molecule has 0 saturated heterocycles. The number of likely N-dealkylation sites (N-methyl/N-ethyl adjacent to an activating group) is 1. The Morgan fingerprint density at radius 3 is 2.65 bits per heavy atom. The molecule has 31 heavy (non-hydrogen) atoms. The number of rotatable bonds is 6. The van der Waals surface area contributed by atoms with Gasteiger partial charge in [0.1, 0.15) is 0 Å². The number of hydrogen-bond donors (Lipinski definition) is 0. The van der Waals surface area contributed by atoms with E-state index in [2.05, 4.69) is 17.2 Å². The van der Waals surface area contributed by atoms with Gasteiger partial charge in [-0.25, -0.2) is 9.48 Å². The van der Waals surface area contributed by atoms with Crippen molar-refractivity contribution >= 4 is 11.9 Å². The topological polar surface area (TPSA) is 73.7 Å². The average molecular weight is 419 g/mol. The molecular formula is C24H25N3O4. The maximum atomic E-state index is 12.8. The molecule has 1 aliphatic carbocycles. The van der Waals surface area contributed by atoms with Gasteiger partial charge in [-0.1, -0.05) is 42.5 Å². The van der Waals surface area contributed by atoms with Crippen LogP contribution < -0.4 is 4.74 Å². The summed E-state index contributed by atoms with van der Waals surface area (Å²) in [6, 6.07) is 17.5. The number of aryl methyl sites for hydroxylation is 1. The summed E-state index contributed by atoms with van der Waals surface area (Å²) in [7, 11) is 3.22. The van der Waals surface area contributed by atoms with Crippen LogP contribution in [0.1, 0.15) is 40.5 Å². The summed E-state index contributed by atoms with van der Waals surface area (Å²) in [4.78, 5) is 27.1. The number of methoxy groups -OCH3 is 1. The number of para-hydroxylation sites is 1. The van der Waals surface area contributed by atoms with Crippen LogP contribution in [0, 0.1) is 0 Å². The molecule has 0 aliphatic heterocycles. The Kier molecular flexibility index (Phi) is 6.02. The fraction of sp³-hybridized carbons (Fsp3) is 0.292. The Labute approximate surface area is 181 Å². The molecule has 1 heterocycles. The van der Waals surface area contributed by atoms with Gasteiger partial charge in [-0.2, -0.15) is 5.10 Å².